The summed E-state index contributed by atoms with van der Waals surface area (Å²) in [4.78, 5) is 15.2. The zero-order chi connectivity index (χ0) is 14.8. The average molecular weight is 293 g/mol. The number of piperazine rings is 1. The molecule has 2 aliphatic rings. The van der Waals surface area contributed by atoms with Crippen LogP contribution in [-0.4, -0.2) is 62.4 Å². The van der Waals surface area contributed by atoms with Gasteiger partial charge in [0.1, 0.15) is 0 Å². The molecule has 3 rings (SSSR count). The predicted octanol–water partition coefficient (Wildman–Crippen LogP) is 1.12. The third kappa shape index (κ3) is 2.79. The fourth-order valence-electron chi connectivity index (χ4n) is 2.99. The van der Waals surface area contributed by atoms with Gasteiger partial charge < -0.3 is 14.4 Å². The Balaban J connectivity index is 1.79. The van der Waals surface area contributed by atoms with Crippen molar-refractivity contribution in [3.8, 4) is 5.75 Å². The van der Waals surface area contributed by atoms with E-state index in [0.29, 0.717) is 11.8 Å². The van der Waals surface area contributed by atoms with Crippen molar-refractivity contribution in [2.75, 3.05) is 51.4 Å². The topological polar surface area (TPSA) is 68.1 Å². The first-order valence-electron chi connectivity index (χ1n) is 7.08. The highest BCUT2D eigenvalue weighted by Gasteiger charge is 2.30. The van der Waals surface area contributed by atoms with E-state index in [4.69, 9.17) is 9.47 Å². The van der Waals surface area contributed by atoms with E-state index in [1.807, 2.05) is 0 Å². The van der Waals surface area contributed by atoms with Gasteiger partial charge in [0, 0.05) is 44.0 Å². The van der Waals surface area contributed by atoms with E-state index in [2.05, 4.69) is 9.80 Å². The van der Waals surface area contributed by atoms with Crippen molar-refractivity contribution in [2.45, 2.75) is 6.04 Å². The molecule has 114 valence electrons. The molecular formula is C14H19N3O4. The predicted molar refractivity (Wildman–Crippen MR) is 78.0 cm³/mol. The van der Waals surface area contributed by atoms with Crippen LogP contribution in [0.3, 0.4) is 0 Å². The van der Waals surface area contributed by atoms with E-state index in [9.17, 15) is 10.1 Å². The molecule has 0 aromatic heterocycles. The minimum atomic E-state index is -0.421. The van der Waals surface area contributed by atoms with Crippen molar-refractivity contribution < 1.29 is 14.4 Å². The molecule has 0 bridgehead atoms. The molecule has 1 atom stereocenters. The zero-order valence-corrected chi connectivity index (χ0v) is 12.0. The molecule has 2 saturated heterocycles. The van der Waals surface area contributed by atoms with Crippen LogP contribution >= 0.6 is 0 Å². The Morgan fingerprint density at radius 1 is 1.38 bits per heavy atom. The van der Waals surface area contributed by atoms with Crippen molar-refractivity contribution in [1.82, 2.24) is 4.90 Å². The van der Waals surface area contributed by atoms with E-state index < -0.39 is 4.92 Å². The third-order valence-corrected chi connectivity index (χ3v) is 4.16. The molecule has 2 aliphatic heterocycles. The van der Waals surface area contributed by atoms with Crippen LogP contribution in [0, 0.1) is 10.1 Å². The summed E-state index contributed by atoms with van der Waals surface area (Å²) in [5.41, 5.74) is 0.962. The van der Waals surface area contributed by atoms with Gasteiger partial charge in [-0.15, -0.1) is 0 Å². The summed E-state index contributed by atoms with van der Waals surface area (Å²) in [6.45, 7) is 5.33. The first kappa shape index (κ1) is 14.1. The van der Waals surface area contributed by atoms with Crippen LogP contribution in [0.25, 0.3) is 0 Å². The standard InChI is InChI=1S/C14H19N3O4/c1-20-14-8-11(2-3-13(14)17(18)19)16-5-4-15-6-7-21-10-12(15)9-16/h2-3,8,12H,4-7,9-10H2,1H3. The second-order valence-corrected chi connectivity index (χ2v) is 5.32. The molecule has 7 nitrogen and oxygen atoms in total. The number of ether oxygens (including phenoxy) is 2. The molecule has 0 saturated carbocycles. The molecule has 0 aliphatic carbocycles. The number of anilines is 1. The van der Waals surface area contributed by atoms with E-state index in [1.54, 1.807) is 12.1 Å². The summed E-state index contributed by atoms with van der Waals surface area (Å²) in [7, 11) is 1.46. The lowest BCUT2D eigenvalue weighted by atomic mass is 10.1. The monoisotopic (exact) mass is 293 g/mol. The van der Waals surface area contributed by atoms with Crippen LogP contribution in [0.4, 0.5) is 11.4 Å². The number of methoxy groups -OCH3 is 1. The summed E-state index contributed by atoms with van der Waals surface area (Å²) in [5.74, 6) is 0.305. The van der Waals surface area contributed by atoms with Crippen LogP contribution in [0.2, 0.25) is 0 Å². The number of benzene rings is 1. The second kappa shape index (κ2) is 5.87. The first-order chi connectivity index (χ1) is 10.2. The average Bonchev–Trinajstić information content (AvgIpc) is 2.53. The van der Waals surface area contributed by atoms with Crippen molar-refractivity contribution in [3.05, 3.63) is 28.3 Å². The Labute approximate surface area is 123 Å². The molecule has 0 N–H and O–H groups in total. The number of fused-ring (bicyclic) bond motifs is 1. The van der Waals surface area contributed by atoms with Gasteiger partial charge in [-0.05, 0) is 6.07 Å². The summed E-state index contributed by atoms with van der Waals surface area (Å²) in [5, 5.41) is 10.9. The number of morpholine rings is 1. The molecule has 2 heterocycles. The minimum Gasteiger partial charge on any atom is -0.490 e. The van der Waals surface area contributed by atoms with Crippen molar-refractivity contribution >= 4 is 11.4 Å². The maximum atomic E-state index is 10.9. The molecule has 7 heteroatoms. The van der Waals surface area contributed by atoms with Gasteiger partial charge in [-0.3, -0.25) is 15.0 Å². The summed E-state index contributed by atoms with van der Waals surface area (Å²) >= 11 is 0. The lowest BCUT2D eigenvalue weighted by Crippen LogP contribution is -2.58. The normalized spacial score (nSPS) is 22.7. The summed E-state index contributed by atoms with van der Waals surface area (Å²) < 4.78 is 10.7. The van der Waals surface area contributed by atoms with E-state index in [-0.39, 0.29) is 5.69 Å². The van der Waals surface area contributed by atoms with Crippen LogP contribution in [0.1, 0.15) is 0 Å². The molecule has 1 unspecified atom stereocenters. The van der Waals surface area contributed by atoms with E-state index in [0.717, 1.165) is 45.1 Å². The smallest absolute Gasteiger partial charge is 0.311 e. The highest BCUT2D eigenvalue weighted by molar-refractivity contribution is 5.59. The largest absolute Gasteiger partial charge is 0.490 e. The molecular weight excluding hydrogens is 274 g/mol. The highest BCUT2D eigenvalue weighted by atomic mass is 16.6. The Morgan fingerprint density at radius 3 is 3.00 bits per heavy atom. The molecule has 0 amide bonds. The van der Waals surface area contributed by atoms with Crippen molar-refractivity contribution in [1.29, 1.82) is 0 Å². The molecule has 1 aromatic rings. The lowest BCUT2D eigenvalue weighted by Gasteiger charge is -2.44. The quantitative estimate of drug-likeness (QED) is 0.614. The SMILES string of the molecule is COc1cc(N2CCN3CCOCC3C2)ccc1[N+](=O)[O-]. The Bertz CT molecular complexity index is 537. The van der Waals surface area contributed by atoms with Gasteiger partial charge in [0.15, 0.2) is 5.75 Å². The van der Waals surface area contributed by atoms with Gasteiger partial charge >= 0.3 is 5.69 Å². The van der Waals surface area contributed by atoms with Crippen LogP contribution in [-0.2, 0) is 4.74 Å². The molecule has 0 spiro atoms. The van der Waals surface area contributed by atoms with Gasteiger partial charge in [0.2, 0.25) is 0 Å². The highest BCUT2D eigenvalue weighted by Crippen LogP contribution is 2.32. The van der Waals surface area contributed by atoms with Gasteiger partial charge in [-0.1, -0.05) is 0 Å². The first-order valence-corrected chi connectivity index (χ1v) is 7.08. The molecule has 1 aromatic carbocycles. The summed E-state index contributed by atoms with van der Waals surface area (Å²) in [6.07, 6.45) is 0. The van der Waals surface area contributed by atoms with Crippen molar-refractivity contribution in [3.63, 3.8) is 0 Å². The minimum absolute atomic E-state index is 0.000820. The number of rotatable bonds is 3. The van der Waals surface area contributed by atoms with Crippen LogP contribution in [0.5, 0.6) is 5.75 Å². The molecule has 0 radical (unpaired) electrons. The van der Waals surface area contributed by atoms with Gasteiger partial charge in [-0.2, -0.15) is 0 Å². The maximum Gasteiger partial charge on any atom is 0.311 e. The lowest BCUT2D eigenvalue weighted by molar-refractivity contribution is -0.385. The van der Waals surface area contributed by atoms with Gasteiger partial charge in [-0.25, -0.2) is 0 Å². The van der Waals surface area contributed by atoms with Gasteiger partial charge in [0.05, 0.1) is 31.3 Å². The molecule has 21 heavy (non-hydrogen) atoms. The van der Waals surface area contributed by atoms with E-state index in [1.165, 1.54) is 13.2 Å². The Hall–Kier alpha value is -1.86. The fourth-order valence-corrected chi connectivity index (χ4v) is 2.99. The Morgan fingerprint density at radius 2 is 2.24 bits per heavy atom. The number of nitro benzene ring substituents is 1. The summed E-state index contributed by atoms with van der Waals surface area (Å²) in [6, 6.07) is 5.45. The zero-order valence-electron chi connectivity index (χ0n) is 12.0. The number of nitrogens with zero attached hydrogens (tertiary/aromatic N) is 3. The van der Waals surface area contributed by atoms with Gasteiger partial charge in [0.25, 0.3) is 0 Å². The Kier molecular flexibility index (Phi) is 3.94. The fraction of sp³-hybridized carbons (Fsp3) is 0.571. The number of hydrogen-bond acceptors (Lipinski definition) is 6. The van der Waals surface area contributed by atoms with Crippen LogP contribution in [0.15, 0.2) is 18.2 Å². The third-order valence-electron chi connectivity index (χ3n) is 4.16. The second-order valence-electron chi connectivity index (χ2n) is 5.32. The number of hydrogen-bond donors (Lipinski definition) is 0. The number of nitro groups is 1. The molecule has 2 fully saturated rings. The van der Waals surface area contributed by atoms with E-state index >= 15 is 0 Å². The van der Waals surface area contributed by atoms with Crippen molar-refractivity contribution in [2.24, 2.45) is 0 Å². The maximum absolute atomic E-state index is 10.9. The van der Waals surface area contributed by atoms with Crippen LogP contribution < -0.4 is 9.64 Å².